The van der Waals surface area contributed by atoms with E-state index in [-0.39, 0.29) is 0 Å². The second-order valence-electron chi connectivity index (χ2n) is 10.1. The van der Waals surface area contributed by atoms with E-state index in [0.717, 1.165) is 41.3 Å². The summed E-state index contributed by atoms with van der Waals surface area (Å²) < 4.78 is 2.23. The van der Waals surface area contributed by atoms with Crippen LogP contribution in [0.5, 0.6) is 0 Å². The van der Waals surface area contributed by atoms with Crippen LogP contribution in [0.1, 0.15) is 49.9 Å². The third-order valence-corrected chi connectivity index (χ3v) is 5.89. The summed E-state index contributed by atoms with van der Waals surface area (Å²) in [5.41, 5.74) is 8.54. The molecule has 3 aromatic carbocycles. The van der Waals surface area contributed by atoms with Crippen molar-refractivity contribution in [3.8, 4) is 28.5 Å². The molecule has 0 N–H and O–H groups in total. The van der Waals surface area contributed by atoms with Crippen molar-refractivity contribution < 1.29 is 0 Å². The Bertz CT molecular complexity index is 1200. The van der Waals surface area contributed by atoms with Crippen LogP contribution in [0, 0.1) is 25.7 Å². The van der Waals surface area contributed by atoms with Crippen molar-refractivity contribution in [2.24, 2.45) is 11.8 Å². The first kappa shape index (κ1) is 23.0. The Morgan fingerprint density at radius 2 is 1.24 bits per heavy atom. The summed E-state index contributed by atoms with van der Waals surface area (Å²) in [6, 6.07) is 23.9. The fourth-order valence-corrected chi connectivity index (χ4v) is 4.60. The van der Waals surface area contributed by atoms with Gasteiger partial charge in [-0.1, -0.05) is 81.8 Å². The smallest absolute Gasteiger partial charge is 0.168 e. The van der Waals surface area contributed by atoms with E-state index in [2.05, 4.69) is 107 Å². The van der Waals surface area contributed by atoms with Crippen molar-refractivity contribution in [3.63, 3.8) is 0 Å². The number of nitrogens with zero attached hydrogens (tertiary/aromatic N) is 3. The molecule has 0 amide bonds. The van der Waals surface area contributed by atoms with Crippen LogP contribution in [0.15, 0.2) is 66.7 Å². The van der Waals surface area contributed by atoms with E-state index in [1.165, 1.54) is 22.3 Å². The lowest BCUT2D eigenvalue weighted by Crippen LogP contribution is -2.05. The summed E-state index contributed by atoms with van der Waals surface area (Å²) >= 11 is 0. The molecular formula is C30H35N3. The number of hydrogen-bond acceptors (Lipinski definition) is 2. The highest BCUT2D eigenvalue weighted by Crippen LogP contribution is 2.32. The van der Waals surface area contributed by atoms with Crippen LogP contribution < -0.4 is 0 Å². The maximum absolute atomic E-state index is 4.76. The van der Waals surface area contributed by atoms with Crippen molar-refractivity contribution in [1.82, 2.24) is 14.8 Å². The average Bonchev–Trinajstić information content (AvgIpc) is 3.18. The van der Waals surface area contributed by atoms with Crippen molar-refractivity contribution in [2.75, 3.05) is 0 Å². The lowest BCUT2D eigenvalue weighted by Gasteiger charge is -2.16. The normalized spacial score (nSPS) is 11.5. The molecule has 3 nitrogen and oxygen atoms in total. The summed E-state index contributed by atoms with van der Waals surface area (Å²) in [5, 5.41) is 9.45. The van der Waals surface area contributed by atoms with E-state index in [9.17, 15) is 0 Å². The second-order valence-corrected chi connectivity index (χ2v) is 10.1. The average molecular weight is 438 g/mol. The van der Waals surface area contributed by atoms with E-state index in [0.29, 0.717) is 11.8 Å². The van der Waals surface area contributed by atoms with Crippen LogP contribution >= 0.6 is 0 Å². The Morgan fingerprint density at radius 3 is 1.79 bits per heavy atom. The molecule has 0 aliphatic carbocycles. The van der Waals surface area contributed by atoms with Gasteiger partial charge in [0.1, 0.15) is 0 Å². The van der Waals surface area contributed by atoms with Gasteiger partial charge in [-0.25, -0.2) is 0 Å². The highest BCUT2D eigenvalue weighted by atomic mass is 15.3. The molecular weight excluding hydrogens is 402 g/mol. The summed E-state index contributed by atoms with van der Waals surface area (Å²) in [6.45, 7) is 13.4. The Kier molecular flexibility index (Phi) is 6.78. The second kappa shape index (κ2) is 9.74. The maximum atomic E-state index is 4.76. The molecule has 1 heterocycles. The SMILES string of the molecule is Cc1ccc(-n2c(-c3ccccc3)nnc2-c2cc(CC(C)C)cc(CC(C)C)c2)c(C)c1. The van der Waals surface area contributed by atoms with Crippen LogP contribution in [0.3, 0.4) is 0 Å². The molecule has 170 valence electrons. The number of aryl methyl sites for hydroxylation is 2. The molecule has 0 atom stereocenters. The van der Waals surface area contributed by atoms with Gasteiger partial charge in [0.05, 0.1) is 5.69 Å². The third kappa shape index (κ3) is 5.24. The molecule has 0 fully saturated rings. The Hall–Kier alpha value is -3.20. The largest absolute Gasteiger partial charge is 0.275 e. The topological polar surface area (TPSA) is 30.7 Å². The van der Waals surface area contributed by atoms with Crippen molar-refractivity contribution >= 4 is 0 Å². The molecule has 0 aliphatic rings. The van der Waals surface area contributed by atoms with Gasteiger partial charge in [0.2, 0.25) is 0 Å². The van der Waals surface area contributed by atoms with Gasteiger partial charge in [-0.2, -0.15) is 0 Å². The van der Waals surface area contributed by atoms with Crippen LogP contribution in [-0.4, -0.2) is 14.8 Å². The van der Waals surface area contributed by atoms with E-state index < -0.39 is 0 Å². The van der Waals surface area contributed by atoms with Gasteiger partial charge < -0.3 is 0 Å². The van der Waals surface area contributed by atoms with E-state index >= 15 is 0 Å². The highest BCUT2D eigenvalue weighted by molar-refractivity contribution is 5.68. The minimum absolute atomic E-state index is 0.601. The molecule has 0 saturated heterocycles. The number of hydrogen-bond donors (Lipinski definition) is 0. The molecule has 1 aromatic heterocycles. The highest BCUT2D eigenvalue weighted by Gasteiger charge is 2.19. The molecule has 0 saturated carbocycles. The minimum atomic E-state index is 0.601. The van der Waals surface area contributed by atoms with Gasteiger partial charge in [-0.3, -0.25) is 4.57 Å². The molecule has 0 spiro atoms. The molecule has 33 heavy (non-hydrogen) atoms. The summed E-state index contributed by atoms with van der Waals surface area (Å²) in [5.74, 6) is 2.97. The van der Waals surface area contributed by atoms with Crippen molar-refractivity contribution in [2.45, 2.75) is 54.4 Å². The van der Waals surface area contributed by atoms with Crippen LogP contribution in [0.2, 0.25) is 0 Å². The molecule has 0 radical (unpaired) electrons. The molecule has 0 unspecified atom stereocenters. The quantitative estimate of drug-likeness (QED) is 0.298. The van der Waals surface area contributed by atoms with Gasteiger partial charge in [-0.15, -0.1) is 10.2 Å². The number of benzene rings is 3. The lowest BCUT2D eigenvalue weighted by atomic mass is 9.94. The van der Waals surface area contributed by atoms with E-state index in [1.54, 1.807) is 0 Å². The van der Waals surface area contributed by atoms with Crippen molar-refractivity contribution in [1.29, 1.82) is 0 Å². The Labute approximate surface area is 198 Å². The van der Waals surface area contributed by atoms with Crippen molar-refractivity contribution in [3.05, 3.63) is 89.0 Å². The minimum Gasteiger partial charge on any atom is -0.275 e. The predicted molar refractivity (Wildman–Crippen MR) is 139 cm³/mol. The maximum Gasteiger partial charge on any atom is 0.168 e. The predicted octanol–water partition coefficient (Wildman–Crippen LogP) is 7.62. The zero-order valence-electron chi connectivity index (χ0n) is 20.8. The molecule has 0 aliphatic heterocycles. The third-order valence-electron chi connectivity index (χ3n) is 5.89. The monoisotopic (exact) mass is 437 g/mol. The standard InChI is InChI=1S/C30H35N3/c1-20(2)14-24-17-25(15-21(3)4)19-27(18-24)30-32-31-29(26-10-8-7-9-11-26)33(30)28-13-12-22(5)16-23(28)6/h7-13,16-21H,14-15H2,1-6H3. The first-order valence-corrected chi connectivity index (χ1v) is 12.0. The van der Waals surface area contributed by atoms with Crippen LogP contribution in [-0.2, 0) is 12.8 Å². The molecule has 0 bridgehead atoms. The Balaban J connectivity index is 1.95. The summed E-state index contributed by atoms with van der Waals surface area (Å²) in [7, 11) is 0. The lowest BCUT2D eigenvalue weighted by molar-refractivity contribution is 0.636. The molecule has 4 aromatic rings. The molecule has 3 heteroatoms. The van der Waals surface area contributed by atoms with E-state index in [4.69, 9.17) is 10.2 Å². The fraction of sp³-hybridized carbons (Fsp3) is 0.333. The first-order valence-electron chi connectivity index (χ1n) is 12.0. The molecule has 4 rings (SSSR count). The summed E-state index contributed by atoms with van der Waals surface area (Å²) in [4.78, 5) is 0. The zero-order valence-corrected chi connectivity index (χ0v) is 20.8. The van der Waals surface area contributed by atoms with Gasteiger partial charge in [-0.05, 0) is 73.4 Å². The summed E-state index contributed by atoms with van der Waals surface area (Å²) in [6.07, 6.45) is 2.12. The van der Waals surface area contributed by atoms with Crippen LogP contribution in [0.25, 0.3) is 28.5 Å². The Morgan fingerprint density at radius 1 is 0.667 bits per heavy atom. The van der Waals surface area contributed by atoms with Gasteiger partial charge in [0, 0.05) is 11.1 Å². The van der Waals surface area contributed by atoms with Gasteiger partial charge >= 0.3 is 0 Å². The van der Waals surface area contributed by atoms with E-state index in [1.807, 2.05) is 6.07 Å². The first-order chi connectivity index (χ1) is 15.8. The number of aromatic nitrogens is 3. The number of rotatable bonds is 7. The fourth-order valence-electron chi connectivity index (χ4n) is 4.60. The van der Waals surface area contributed by atoms with Gasteiger partial charge in [0.25, 0.3) is 0 Å². The van der Waals surface area contributed by atoms with Gasteiger partial charge in [0.15, 0.2) is 11.6 Å². The van der Waals surface area contributed by atoms with Crippen LogP contribution in [0.4, 0.5) is 0 Å². The zero-order chi connectivity index (χ0) is 23.5.